The van der Waals surface area contributed by atoms with Crippen molar-refractivity contribution >= 4 is 0 Å². The van der Waals surface area contributed by atoms with E-state index in [1.165, 1.54) is 36.8 Å². The molecular formula is C19H28O. The first-order chi connectivity index (χ1) is 9.29. The summed E-state index contributed by atoms with van der Waals surface area (Å²) in [4.78, 5) is 0. The average Bonchev–Trinajstić information content (AvgIpc) is 2.37. The van der Waals surface area contributed by atoms with Crippen molar-refractivity contribution in [1.82, 2.24) is 0 Å². The summed E-state index contributed by atoms with van der Waals surface area (Å²) in [7, 11) is 0. The van der Waals surface area contributed by atoms with Crippen LogP contribution in [0.5, 0.6) is 5.75 Å². The number of hydrogen-bond acceptors (Lipinski definition) is 1. The van der Waals surface area contributed by atoms with E-state index < -0.39 is 0 Å². The first-order valence-electron chi connectivity index (χ1n) is 8.12. The molecule has 1 nitrogen and oxygen atoms in total. The van der Waals surface area contributed by atoms with Gasteiger partial charge in [0, 0.05) is 5.92 Å². The lowest BCUT2D eigenvalue weighted by Gasteiger charge is -2.47. The minimum atomic E-state index is -0.0193. The Morgan fingerprint density at radius 2 is 1.80 bits per heavy atom. The number of ether oxygens (including phenoxy) is 1. The van der Waals surface area contributed by atoms with Crippen LogP contribution >= 0.6 is 0 Å². The van der Waals surface area contributed by atoms with Gasteiger partial charge in [-0.25, -0.2) is 0 Å². The van der Waals surface area contributed by atoms with Crippen LogP contribution in [0.4, 0.5) is 0 Å². The van der Waals surface area contributed by atoms with Crippen LogP contribution in [0.3, 0.4) is 0 Å². The Labute approximate surface area is 123 Å². The molecule has 0 amide bonds. The van der Waals surface area contributed by atoms with Crippen molar-refractivity contribution in [1.29, 1.82) is 0 Å². The zero-order valence-corrected chi connectivity index (χ0v) is 13.6. The van der Waals surface area contributed by atoms with Crippen LogP contribution in [0, 0.1) is 5.92 Å². The fourth-order valence-electron chi connectivity index (χ4n) is 4.09. The first kappa shape index (κ1) is 14.0. The summed E-state index contributed by atoms with van der Waals surface area (Å²) in [5, 5.41) is 0. The molecule has 2 aliphatic rings. The van der Waals surface area contributed by atoms with Gasteiger partial charge in [-0.15, -0.1) is 0 Å². The first-order valence-corrected chi connectivity index (χ1v) is 8.12. The van der Waals surface area contributed by atoms with Gasteiger partial charge in [0.15, 0.2) is 0 Å². The standard InChI is InChI=1S/C19H28O/c1-18(2,3)13-10-11-15-14-8-6-7-9-16(14)19(4,5)20-17(15)12-13/h10-12,14,16H,6-9H2,1-5H3. The number of hydrogen-bond donors (Lipinski definition) is 0. The molecule has 1 aliphatic heterocycles. The van der Waals surface area contributed by atoms with Gasteiger partial charge in [0.05, 0.1) is 0 Å². The van der Waals surface area contributed by atoms with Gasteiger partial charge in [0.25, 0.3) is 0 Å². The molecule has 0 aromatic heterocycles. The summed E-state index contributed by atoms with van der Waals surface area (Å²) in [5.74, 6) is 2.53. The van der Waals surface area contributed by atoms with Crippen molar-refractivity contribution < 1.29 is 4.74 Å². The number of rotatable bonds is 0. The van der Waals surface area contributed by atoms with Crippen molar-refractivity contribution in [3.8, 4) is 5.75 Å². The van der Waals surface area contributed by atoms with Crippen LogP contribution in [0.1, 0.15) is 77.3 Å². The zero-order valence-electron chi connectivity index (χ0n) is 13.6. The quantitative estimate of drug-likeness (QED) is 0.612. The second-order valence-electron chi connectivity index (χ2n) is 8.21. The third-order valence-corrected chi connectivity index (χ3v) is 5.31. The predicted molar refractivity (Wildman–Crippen MR) is 84.5 cm³/mol. The Morgan fingerprint density at radius 1 is 1.10 bits per heavy atom. The van der Waals surface area contributed by atoms with Gasteiger partial charge in [-0.2, -0.15) is 0 Å². The molecule has 0 radical (unpaired) electrons. The second kappa shape index (κ2) is 4.51. The van der Waals surface area contributed by atoms with Crippen LogP contribution in [-0.2, 0) is 5.41 Å². The maximum absolute atomic E-state index is 6.42. The van der Waals surface area contributed by atoms with Gasteiger partial charge in [-0.3, -0.25) is 0 Å². The monoisotopic (exact) mass is 272 g/mol. The Balaban J connectivity index is 2.05. The molecule has 20 heavy (non-hydrogen) atoms. The van der Waals surface area contributed by atoms with Gasteiger partial charge in [0.1, 0.15) is 11.4 Å². The Hall–Kier alpha value is -0.980. The lowest BCUT2D eigenvalue weighted by atomic mass is 9.66. The lowest BCUT2D eigenvalue weighted by molar-refractivity contribution is -0.00634. The summed E-state index contributed by atoms with van der Waals surface area (Å²) in [6.45, 7) is 11.4. The molecule has 1 saturated carbocycles. The highest BCUT2D eigenvalue weighted by molar-refractivity contribution is 5.45. The summed E-state index contributed by atoms with van der Waals surface area (Å²) in [6, 6.07) is 6.95. The molecular weight excluding hydrogens is 244 g/mol. The Morgan fingerprint density at radius 3 is 2.50 bits per heavy atom. The molecule has 110 valence electrons. The van der Waals surface area contributed by atoms with E-state index in [0.29, 0.717) is 11.8 Å². The second-order valence-corrected chi connectivity index (χ2v) is 8.21. The van der Waals surface area contributed by atoms with Crippen LogP contribution in [0.25, 0.3) is 0 Å². The molecule has 1 fully saturated rings. The third kappa shape index (κ3) is 2.25. The molecule has 3 rings (SSSR count). The maximum Gasteiger partial charge on any atom is 0.123 e. The number of fused-ring (bicyclic) bond motifs is 3. The van der Waals surface area contributed by atoms with Crippen LogP contribution in [-0.4, -0.2) is 5.60 Å². The van der Waals surface area contributed by atoms with Crippen molar-refractivity contribution in [3.63, 3.8) is 0 Å². The highest BCUT2D eigenvalue weighted by Crippen LogP contribution is 2.52. The molecule has 0 saturated heterocycles. The fourth-order valence-corrected chi connectivity index (χ4v) is 4.09. The summed E-state index contributed by atoms with van der Waals surface area (Å²) in [5.41, 5.74) is 3.00. The van der Waals surface area contributed by atoms with Crippen molar-refractivity contribution in [2.75, 3.05) is 0 Å². The number of benzene rings is 1. The summed E-state index contributed by atoms with van der Waals surface area (Å²) >= 11 is 0. The molecule has 1 heterocycles. The Kier molecular flexibility index (Phi) is 3.15. The normalized spacial score (nSPS) is 28.2. The van der Waals surface area contributed by atoms with E-state index in [9.17, 15) is 0 Å². The largest absolute Gasteiger partial charge is 0.487 e. The predicted octanol–water partition coefficient (Wildman–Crippen LogP) is 5.43. The van der Waals surface area contributed by atoms with Crippen molar-refractivity contribution in [3.05, 3.63) is 29.3 Å². The van der Waals surface area contributed by atoms with E-state index in [1.54, 1.807) is 0 Å². The smallest absolute Gasteiger partial charge is 0.123 e. The van der Waals surface area contributed by atoms with Crippen LogP contribution < -0.4 is 4.74 Å². The van der Waals surface area contributed by atoms with Gasteiger partial charge < -0.3 is 4.74 Å². The molecule has 2 atom stereocenters. The van der Waals surface area contributed by atoms with Gasteiger partial charge in [-0.05, 0) is 55.2 Å². The fraction of sp³-hybridized carbons (Fsp3) is 0.684. The topological polar surface area (TPSA) is 9.23 Å². The van der Waals surface area contributed by atoms with E-state index in [1.807, 2.05) is 0 Å². The summed E-state index contributed by atoms with van der Waals surface area (Å²) in [6.07, 6.45) is 5.39. The molecule has 1 aliphatic carbocycles. The van der Waals surface area contributed by atoms with Gasteiger partial charge in [-0.1, -0.05) is 45.7 Å². The zero-order chi connectivity index (χ0) is 14.5. The minimum Gasteiger partial charge on any atom is -0.487 e. The molecule has 0 spiro atoms. The van der Waals surface area contributed by atoms with Crippen molar-refractivity contribution in [2.24, 2.45) is 5.92 Å². The Bertz CT molecular complexity index is 507. The van der Waals surface area contributed by atoms with E-state index in [4.69, 9.17) is 4.74 Å². The molecule has 2 unspecified atom stereocenters. The van der Waals surface area contributed by atoms with E-state index in [-0.39, 0.29) is 11.0 Å². The third-order valence-electron chi connectivity index (χ3n) is 5.31. The molecule has 0 N–H and O–H groups in total. The SMILES string of the molecule is CC(C)(C)c1ccc2c(c1)OC(C)(C)C1CCCCC21. The molecule has 1 aromatic carbocycles. The average molecular weight is 272 g/mol. The maximum atomic E-state index is 6.42. The van der Waals surface area contributed by atoms with Crippen molar-refractivity contribution in [2.45, 2.75) is 77.2 Å². The van der Waals surface area contributed by atoms with Crippen LogP contribution in [0.2, 0.25) is 0 Å². The highest BCUT2D eigenvalue weighted by Gasteiger charge is 2.44. The van der Waals surface area contributed by atoms with E-state index in [2.05, 4.69) is 52.8 Å². The molecule has 1 heteroatoms. The lowest BCUT2D eigenvalue weighted by Crippen LogP contribution is -2.45. The van der Waals surface area contributed by atoms with Gasteiger partial charge >= 0.3 is 0 Å². The van der Waals surface area contributed by atoms with Gasteiger partial charge in [0.2, 0.25) is 0 Å². The summed E-state index contributed by atoms with van der Waals surface area (Å²) < 4.78 is 6.42. The van der Waals surface area contributed by atoms with E-state index >= 15 is 0 Å². The van der Waals surface area contributed by atoms with Crippen LogP contribution in [0.15, 0.2) is 18.2 Å². The molecule has 1 aromatic rings. The van der Waals surface area contributed by atoms with E-state index in [0.717, 1.165) is 5.75 Å². The minimum absolute atomic E-state index is 0.0193. The molecule has 0 bridgehead atoms. The highest BCUT2D eigenvalue weighted by atomic mass is 16.5.